The van der Waals surface area contributed by atoms with Gasteiger partial charge in [0.15, 0.2) is 0 Å². The van der Waals surface area contributed by atoms with Crippen LogP contribution in [0.1, 0.15) is 25.9 Å². The highest BCUT2D eigenvalue weighted by atomic mass is 32.1. The zero-order valence-corrected chi connectivity index (χ0v) is 12.8. The Bertz CT molecular complexity index is 557. The van der Waals surface area contributed by atoms with Crippen molar-refractivity contribution < 1.29 is 0 Å². The normalized spacial score (nSPS) is 23.6. The van der Waals surface area contributed by atoms with E-state index in [2.05, 4.69) is 32.1 Å². The average Bonchev–Trinajstić information content (AvgIpc) is 3.29. The summed E-state index contributed by atoms with van der Waals surface area (Å²) in [5.41, 5.74) is 0. The summed E-state index contributed by atoms with van der Waals surface area (Å²) >= 11 is 1.64. The van der Waals surface area contributed by atoms with Crippen molar-refractivity contribution in [2.75, 3.05) is 0 Å². The lowest BCUT2D eigenvalue weighted by molar-refractivity contribution is 0.731. The molecular weight excluding hydrogens is 314 g/mol. The summed E-state index contributed by atoms with van der Waals surface area (Å²) in [6.45, 7) is 0. The molecule has 0 N–H and O–H groups in total. The van der Waals surface area contributed by atoms with Gasteiger partial charge in [-0.2, -0.15) is 0 Å². The van der Waals surface area contributed by atoms with E-state index in [1.165, 1.54) is 0 Å². The molecule has 0 fully saturated rings. The van der Waals surface area contributed by atoms with Gasteiger partial charge in [0.2, 0.25) is 0 Å². The van der Waals surface area contributed by atoms with Crippen molar-refractivity contribution >= 4 is 46.8 Å². The quantitative estimate of drug-likeness (QED) is 0.764. The third-order valence-corrected chi connectivity index (χ3v) is 3.83. The van der Waals surface area contributed by atoms with Crippen molar-refractivity contribution in [2.24, 2.45) is 15.0 Å². The van der Waals surface area contributed by atoms with E-state index in [-0.39, 0.29) is 49.8 Å². The summed E-state index contributed by atoms with van der Waals surface area (Å²) in [6.07, 6.45) is 19.3. The molecule has 0 aliphatic carbocycles. The molecule has 0 spiro atoms. The van der Waals surface area contributed by atoms with Crippen molar-refractivity contribution in [1.82, 2.24) is 4.98 Å². The van der Waals surface area contributed by atoms with Crippen LogP contribution in [-0.2, 0) is 0 Å². The Labute approximate surface area is 153 Å². The van der Waals surface area contributed by atoms with Gasteiger partial charge in [-0.1, -0.05) is 33.1 Å². The molecule has 1 aromatic rings. The van der Waals surface area contributed by atoms with E-state index in [4.69, 9.17) is 0 Å². The van der Waals surface area contributed by atoms with Crippen molar-refractivity contribution in [3.8, 4) is 0 Å². The fourth-order valence-corrected chi connectivity index (χ4v) is 2.66. The van der Waals surface area contributed by atoms with Crippen molar-refractivity contribution in [2.45, 2.75) is 33.0 Å². The second-order valence-corrected chi connectivity index (χ2v) is 5.27. The molecule has 0 saturated heterocycles. The van der Waals surface area contributed by atoms with Gasteiger partial charge in [-0.3, -0.25) is 15.0 Å². The molecule has 0 bridgehead atoms. The minimum atomic E-state index is 0. The van der Waals surface area contributed by atoms with Gasteiger partial charge in [-0.15, -0.1) is 11.3 Å². The zero-order valence-electron chi connectivity index (χ0n) is 11.9. The summed E-state index contributed by atoms with van der Waals surface area (Å²) in [6, 6.07) is 0.713. The van der Waals surface area contributed by atoms with Crippen LogP contribution in [-0.4, -0.2) is 52.5 Å². The SMILES string of the molecule is C.C.C1=CC(C2C=CC=N2)N=C1.C1=CC(c2nccs2)N=C1.[B].[B]. The minimum Gasteiger partial charge on any atom is -0.283 e. The fourth-order valence-electron chi connectivity index (χ4n) is 2.00. The predicted molar refractivity (Wildman–Crippen MR) is 110 cm³/mol. The van der Waals surface area contributed by atoms with Crippen LogP contribution in [0.15, 0.2) is 63.0 Å². The monoisotopic (exact) mass is 336 g/mol. The van der Waals surface area contributed by atoms with Crippen molar-refractivity contribution in [1.29, 1.82) is 0 Å². The Balaban J connectivity index is 0. The predicted octanol–water partition coefficient (Wildman–Crippen LogP) is 3.34. The lowest BCUT2D eigenvalue weighted by Gasteiger charge is -2.06. The first-order chi connectivity index (χ1) is 9.93. The van der Waals surface area contributed by atoms with Gasteiger partial charge in [0.25, 0.3) is 0 Å². The van der Waals surface area contributed by atoms with Crippen LogP contribution in [0, 0.1) is 0 Å². The fraction of sp³-hybridized carbons (Fsp3) is 0.294. The molecule has 1 aromatic heterocycles. The highest BCUT2D eigenvalue weighted by molar-refractivity contribution is 7.09. The van der Waals surface area contributed by atoms with Crippen LogP contribution in [0.4, 0.5) is 0 Å². The maximum atomic E-state index is 4.22. The first-order valence-electron chi connectivity index (χ1n) is 6.43. The molecule has 6 radical (unpaired) electrons. The maximum Gasteiger partial charge on any atom is 0.121 e. The topological polar surface area (TPSA) is 50.0 Å². The second-order valence-electron chi connectivity index (χ2n) is 4.35. The Morgan fingerprint density at radius 2 is 1.29 bits per heavy atom. The second kappa shape index (κ2) is 12.4. The van der Waals surface area contributed by atoms with Gasteiger partial charge in [0.05, 0.1) is 12.1 Å². The average molecular weight is 336 g/mol. The molecule has 4 nitrogen and oxygen atoms in total. The van der Waals surface area contributed by atoms with E-state index in [0.717, 1.165) is 5.01 Å². The van der Waals surface area contributed by atoms with Gasteiger partial charge in [0, 0.05) is 47.0 Å². The summed E-state index contributed by atoms with van der Waals surface area (Å²) in [7, 11) is 0. The number of rotatable bonds is 2. The van der Waals surface area contributed by atoms with Gasteiger partial charge in [-0.05, 0) is 18.2 Å². The van der Waals surface area contributed by atoms with Crippen LogP contribution >= 0.6 is 11.3 Å². The number of aromatic nitrogens is 1. The number of nitrogens with zero attached hydrogens (tertiary/aromatic N) is 4. The van der Waals surface area contributed by atoms with Crippen LogP contribution in [0.3, 0.4) is 0 Å². The third-order valence-electron chi connectivity index (χ3n) is 2.99. The van der Waals surface area contributed by atoms with Crippen molar-refractivity contribution in [3.05, 3.63) is 53.0 Å². The molecule has 24 heavy (non-hydrogen) atoms. The van der Waals surface area contributed by atoms with Gasteiger partial charge < -0.3 is 0 Å². The number of thiazole rings is 1. The highest BCUT2D eigenvalue weighted by Gasteiger charge is 2.16. The number of hydrogen-bond donors (Lipinski definition) is 0. The van der Waals surface area contributed by atoms with Gasteiger partial charge >= 0.3 is 0 Å². The zero-order chi connectivity index (χ0) is 13.6. The van der Waals surface area contributed by atoms with E-state index in [0.29, 0.717) is 0 Å². The number of allylic oxidation sites excluding steroid dienone is 3. The van der Waals surface area contributed by atoms with Crippen molar-refractivity contribution in [3.63, 3.8) is 0 Å². The molecule has 3 aliphatic rings. The number of aliphatic imine (C=N–C) groups is 3. The number of hydrogen-bond acceptors (Lipinski definition) is 5. The lowest BCUT2D eigenvalue weighted by Crippen LogP contribution is -2.14. The van der Waals surface area contributed by atoms with E-state index in [1.807, 2.05) is 54.5 Å². The standard InChI is InChI=1S/C8H8N2.C7H6N2S.2CH4.2B/c1-3-7(9-5-1)8-4-2-6-10-8;1-2-6(8-3-1)7-9-4-5-10-7;;;;/h1-8H;1-6H;2*1H4;;. The first-order valence-corrected chi connectivity index (χ1v) is 7.31. The Kier molecular flexibility index (Phi) is 12.5. The molecule has 3 aliphatic heterocycles. The van der Waals surface area contributed by atoms with E-state index < -0.39 is 0 Å². The first kappa shape index (κ1) is 24.2. The van der Waals surface area contributed by atoms with Gasteiger partial charge in [-0.25, -0.2) is 4.98 Å². The molecule has 7 heteroatoms. The minimum absolute atomic E-state index is 0. The summed E-state index contributed by atoms with van der Waals surface area (Å²) in [5.74, 6) is 0. The van der Waals surface area contributed by atoms with Crippen LogP contribution in [0.25, 0.3) is 0 Å². The largest absolute Gasteiger partial charge is 0.283 e. The molecule has 122 valence electrons. The van der Waals surface area contributed by atoms with E-state index in [9.17, 15) is 0 Å². The molecule has 0 saturated carbocycles. The summed E-state index contributed by atoms with van der Waals surface area (Å²) in [4.78, 5) is 16.8. The smallest absolute Gasteiger partial charge is 0.121 e. The molecule has 3 atom stereocenters. The molecule has 4 rings (SSSR count). The molecule has 0 amide bonds. The van der Waals surface area contributed by atoms with E-state index >= 15 is 0 Å². The third kappa shape index (κ3) is 6.24. The molecule has 0 aromatic carbocycles. The van der Waals surface area contributed by atoms with Crippen LogP contribution < -0.4 is 0 Å². The lowest BCUT2D eigenvalue weighted by atomic mass is 10.1. The van der Waals surface area contributed by atoms with Crippen LogP contribution in [0.5, 0.6) is 0 Å². The Morgan fingerprint density at radius 1 is 0.750 bits per heavy atom. The maximum absolute atomic E-state index is 4.22. The highest BCUT2D eigenvalue weighted by Crippen LogP contribution is 2.22. The van der Waals surface area contributed by atoms with Gasteiger partial charge in [0.1, 0.15) is 11.0 Å². The Morgan fingerprint density at radius 3 is 1.67 bits per heavy atom. The summed E-state index contributed by atoms with van der Waals surface area (Å²) < 4.78 is 0. The van der Waals surface area contributed by atoms with Crippen LogP contribution in [0.2, 0.25) is 0 Å². The summed E-state index contributed by atoms with van der Waals surface area (Å²) in [5, 5.41) is 3.04. The Hall–Kier alpha value is -2.01. The van der Waals surface area contributed by atoms with E-state index in [1.54, 1.807) is 11.3 Å². The molecular formula is C17H22B2N4S. The molecule has 3 unspecified atom stereocenters. The molecule has 4 heterocycles.